The summed E-state index contributed by atoms with van der Waals surface area (Å²) in [6.45, 7) is 0.0196. The van der Waals surface area contributed by atoms with Gasteiger partial charge in [0.05, 0.1) is 28.6 Å². The van der Waals surface area contributed by atoms with Crippen LogP contribution in [0.4, 0.5) is 0 Å². The largest absolute Gasteiger partial charge is 0.298 e. The third-order valence-corrected chi connectivity index (χ3v) is 4.41. The lowest BCUT2D eigenvalue weighted by atomic mass is 10.2. The van der Waals surface area contributed by atoms with Gasteiger partial charge < -0.3 is 0 Å². The first-order valence-electron chi connectivity index (χ1n) is 5.76. The molecule has 1 aromatic carbocycles. The van der Waals surface area contributed by atoms with Crippen molar-refractivity contribution in [2.24, 2.45) is 0 Å². The smallest absolute Gasteiger partial charge is 0.253 e. The molecule has 0 atom stereocenters. The van der Waals surface area contributed by atoms with Gasteiger partial charge in [-0.05, 0) is 18.2 Å². The Hall–Kier alpha value is -2.46. The molecule has 6 nitrogen and oxygen atoms in total. The number of hydrogen-bond acceptors (Lipinski definition) is 5. The van der Waals surface area contributed by atoms with E-state index in [0.29, 0.717) is 0 Å². The van der Waals surface area contributed by atoms with Crippen LogP contribution in [0.5, 0.6) is 0 Å². The van der Waals surface area contributed by atoms with E-state index in [0.717, 1.165) is 0 Å². The Morgan fingerprint density at radius 2 is 2.10 bits per heavy atom. The Morgan fingerprint density at radius 3 is 2.80 bits per heavy atom. The van der Waals surface area contributed by atoms with Crippen LogP contribution in [0, 0.1) is 11.3 Å². The molecule has 0 bridgehead atoms. The van der Waals surface area contributed by atoms with Crippen molar-refractivity contribution in [1.29, 1.82) is 5.26 Å². The zero-order valence-corrected chi connectivity index (χ0v) is 11.2. The van der Waals surface area contributed by atoms with Gasteiger partial charge in [-0.3, -0.25) is 9.36 Å². The Kier molecular flexibility index (Phi) is 3.96. The van der Waals surface area contributed by atoms with Crippen molar-refractivity contribution in [2.45, 2.75) is 11.4 Å². The monoisotopic (exact) mass is 289 g/mol. The minimum absolute atomic E-state index is 0.0196. The zero-order chi connectivity index (χ0) is 14.6. The molecule has 0 spiro atoms. The van der Waals surface area contributed by atoms with Crippen LogP contribution in [0.3, 0.4) is 0 Å². The SMILES string of the molecule is N#Cc1cccc(S(=O)(=O)CCn2cnccc2=O)c1. The summed E-state index contributed by atoms with van der Waals surface area (Å²) in [7, 11) is -3.55. The summed E-state index contributed by atoms with van der Waals surface area (Å²) < 4.78 is 25.5. The van der Waals surface area contributed by atoms with Crippen molar-refractivity contribution in [3.05, 3.63) is 58.8 Å². The summed E-state index contributed by atoms with van der Waals surface area (Å²) >= 11 is 0. The van der Waals surface area contributed by atoms with E-state index in [9.17, 15) is 13.2 Å². The molecule has 20 heavy (non-hydrogen) atoms. The number of nitrogens with zero attached hydrogens (tertiary/aromatic N) is 3. The highest BCUT2D eigenvalue weighted by Gasteiger charge is 2.15. The molecular formula is C13H11N3O3S. The first-order valence-corrected chi connectivity index (χ1v) is 7.41. The molecule has 2 aromatic rings. The average molecular weight is 289 g/mol. The molecule has 0 fully saturated rings. The number of aryl methyl sites for hydroxylation is 1. The zero-order valence-electron chi connectivity index (χ0n) is 10.4. The summed E-state index contributed by atoms with van der Waals surface area (Å²) in [4.78, 5) is 15.3. The number of nitriles is 1. The van der Waals surface area contributed by atoms with E-state index in [1.165, 1.54) is 47.4 Å². The highest BCUT2D eigenvalue weighted by Crippen LogP contribution is 2.13. The second-order valence-corrected chi connectivity index (χ2v) is 6.18. The lowest BCUT2D eigenvalue weighted by Crippen LogP contribution is -2.23. The second-order valence-electron chi connectivity index (χ2n) is 4.07. The van der Waals surface area contributed by atoms with Crippen molar-refractivity contribution in [2.75, 3.05) is 5.75 Å². The Bertz CT molecular complexity index is 819. The molecule has 0 saturated heterocycles. The minimum Gasteiger partial charge on any atom is -0.298 e. The van der Waals surface area contributed by atoms with Crippen LogP contribution in [0.1, 0.15) is 5.56 Å². The van der Waals surface area contributed by atoms with E-state index in [2.05, 4.69) is 4.98 Å². The summed E-state index contributed by atoms with van der Waals surface area (Å²) in [6, 6.07) is 8.96. The maximum atomic E-state index is 12.1. The molecule has 2 rings (SSSR count). The van der Waals surface area contributed by atoms with Crippen LogP contribution >= 0.6 is 0 Å². The van der Waals surface area contributed by atoms with Crippen LogP contribution < -0.4 is 5.56 Å². The summed E-state index contributed by atoms with van der Waals surface area (Å²) in [5.41, 5.74) is -0.0226. The van der Waals surface area contributed by atoms with Crippen molar-refractivity contribution in [3.8, 4) is 6.07 Å². The Balaban J connectivity index is 2.22. The van der Waals surface area contributed by atoms with Gasteiger partial charge >= 0.3 is 0 Å². The number of hydrogen-bond donors (Lipinski definition) is 0. The predicted octanol–water partition coefficient (Wildman–Crippen LogP) is 0.589. The molecule has 0 aliphatic rings. The maximum absolute atomic E-state index is 12.1. The molecule has 0 radical (unpaired) electrons. The molecule has 1 aromatic heterocycles. The normalized spacial score (nSPS) is 10.9. The third kappa shape index (κ3) is 3.10. The van der Waals surface area contributed by atoms with Gasteiger partial charge in [0.25, 0.3) is 5.56 Å². The molecular weight excluding hydrogens is 278 g/mol. The van der Waals surface area contributed by atoms with Crippen LogP contribution in [0.25, 0.3) is 0 Å². The lowest BCUT2D eigenvalue weighted by Gasteiger charge is -2.06. The fourth-order valence-corrected chi connectivity index (χ4v) is 2.91. The fourth-order valence-electron chi connectivity index (χ4n) is 1.64. The Morgan fingerprint density at radius 1 is 1.30 bits per heavy atom. The first kappa shape index (κ1) is 14.0. The number of benzene rings is 1. The van der Waals surface area contributed by atoms with E-state index in [4.69, 9.17) is 5.26 Å². The second kappa shape index (κ2) is 5.67. The van der Waals surface area contributed by atoms with Crippen LogP contribution in [-0.4, -0.2) is 23.7 Å². The summed E-state index contributed by atoms with van der Waals surface area (Å²) in [5.74, 6) is -0.229. The summed E-state index contributed by atoms with van der Waals surface area (Å²) in [6.07, 6.45) is 2.65. The van der Waals surface area contributed by atoms with Gasteiger partial charge in [0.15, 0.2) is 9.84 Å². The van der Waals surface area contributed by atoms with Gasteiger partial charge in [0, 0.05) is 18.8 Å². The topological polar surface area (TPSA) is 92.8 Å². The number of rotatable bonds is 4. The molecule has 7 heteroatoms. The van der Waals surface area contributed by atoms with Gasteiger partial charge in [0.1, 0.15) is 0 Å². The van der Waals surface area contributed by atoms with E-state index < -0.39 is 9.84 Å². The number of aromatic nitrogens is 2. The molecule has 0 saturated carbocycles. The van der Waals surface area contributed by atoms with Crippen molar-refractivity contribution >= 4 is 9.84 Å². The average Bonchev–Trinajstić information content (AvgIpc) is 2.46. The van der Waals surface area contributed by atoms with Gasteiger partial charge in [-0.2, -0.15) is 5.26 Å². The van der Waals surface area contributed by atoms with Crippen LogP contribution in [0.2, 0.25) is 0 Å². The van der Waals surface area contributed by atoms with Gasteiger partial charge in [-0.1, -0.05) is 6.07 Å². The van der Waals surface area contributed by atoms with Gasteiger partial charge in [-0.15, -0.1) is 0 Å². The van der Waals surface area contributed by atoms with E-state index in [1.807, 2.05) is 6.07 Å². The van der Waals surface area contributed by atoms with Crippen molar-refractivity contribution < 1.29 is 8.42 Å². The molecule has 0 unspecified atom stereocenters. The van der Waals surface area contributed by atoms with Crippen LogP contribution in [0.15, 0.2) is 52.5 Å². The highest BCUT2D eigenvalue weighted by atomic mass is 32.2. The fraction of sp³-hybridized carbons (Fsp3) is 0.154. The van der Waals surface area contributed by atoms with Gasteiger partial charge in [0.2, 0.25) is 0 Å². The van der Waals surface area contributed by atoms with E-state index >= 15 is 0 Å². The third-order valence-electron chi connectivity index (χ3n) is 2.72. The molecule has 0 aliphatic carbocycles. The van der Waals surface area contributed by atoms with E-state index in [1.54, 1.807) is 0 Å². The van der Waals surface area contributed by atoms with Crippen molar-refractivity contribution in [1.82, 2.24) is 9.55 Å². The minimum atomic E-state index is -3.55. The van der Waals surface area contributed by atoms with Crippen molar-refractivity contribution in [3.63, 3.8) is 0 Å². The molecule has 0 N–H and O–H groups in total. The first-order chi connectivity index (χ1) is 9.53. The van der Waals surface area contributed by atoms with Gasteiger partial charge in [-0.25, -0.2) is 13.4 Å². The standard InChI is InChI=1S/C13H11N3O3S/c14-9-11-2-1-3-12(8-11)20(18,19)7-6-16-10-15-5-4-13(16)17/h1-5,8,10H,6-7H2. The molecule has 1 heterocycles. The summed E-state index contributed by atoms with van der Waals surface area (Å²) in [5, 5.41) is 8.77. The quantitative estimate of drug-likeness (QED) is 0.821. The highest BCUT2D eigenvalue weighted by molar-refractivity contribution is 7.91. The van der Waals surface area contributed by atoms with E-state index in [-0.39, 0.29) is 28.3 Å². The molecule has 0 aliphatic heterocycles. The maximum Gasteiger partial charge on any atom is 0.253 e. The predicted molar refractivity (Wildman–Crippen MR) is 71.7 cm³/mol. The molecule has 0 amide bonds. The number of sulfone groups is 1. The Labute approximate surface area is 115 Å². The van der Waals surface area contributed by atoms with Crippen LogP contribution in [-0.2, 0) is 16.4 Å². The lowest BCUT2D eigenvalue weighted by molar-refractivity contribution is 0.586. The molecule has 102 valence electrons.